The molecule has 0 aromatic heterocycles. The summed E-state index contributed by atoms with van der Waals surface area (Å²) in [6.45, 7) is 3.38. The van der Waals surface area contributed by atoms with Crippen LogP contribution in [-0.4, -0.2) is 75.5 Å². The van der Waals surface area contributed by atoms with E-state index < -0.39 is 0 Å². The molecular formula is C19H32N4OS. The zero-order valence-corrected chi connectivity index (χ0v) is 17.0. The molecule has 5 nitrogen and oxygen atoms in total. The molecule has 1 aromatic rings. The first-order valence-corrected chi connectivity index (χ1v) is 10.0. The van der Waals surface area contributed by atoms with Crippen molar-refractivity contribution in [2.24, 2.45) is 4.99 Å². The first-order valence-electron chi connectivity index (χ1n) is 8.80. The van der Waals surface area contributed by atoms with Gasteiger partial charge in [-0.05, 0) is 50.9 Å². The van der Waals surface area contributed by atoms with E-state index in [1.54, 1.807) is 11.8 Å². The van der Waals surface area contributed by atoms with Crippen molar-refractivity contribution in [3.05, 3.63) is 29.8 Å². The topological polar surface area (TPSA) is 40.1 Å². The van der Waals surface area contributed by atoms with Gasteiger partial charge in [-0.1, -0.05) is 12.1 Å². The second kappa shape index (κ2) is 9.46. The minimum absolute atomic E-state index is 0.134. The number of hydrogen-bond acceptors (Lipinski definition) is 4. The molecule has 25 heavy (non-hydrogen) atoms. The van der Waals surface area contributed by atoms with E-state index in [0.717, 1.165) is 45.1 Å². The molecule has 6 heteroatoms. The van der Waals surface area contributed by atoms with Crippen LogP contribution in [0.25, 0.3) is 0 Å². The van der Waals surface area contributed by atoms with E-state index in [9.17, 15) is 0 Å². The van der Waals surface area contributed by atoms with Crippen LogP contribution < -0.4 is 5.32 Å². The molecule has 140 valence electrons. The number of thioether (sulfide) groups is 1. The maximum Gasteiger partial charge on any atom is 0.193 e. The molecule has 1 fully saturated rings. The van der Waals surface area contributed by atoms with Gasteiger partial charge in [-0.2, -0.15) is 0 Å². The third kappa shape index (κ3) is 5.36. The molecule has 0 amide bonds. The Bertz CT molecular complexity index is 553. The summed E-state index contributed by atoms with van der Waals surface area (Å²) >= 11 is 1.77. The number of hydrogen-bond donors (Lipinski definition) is 1. The molecule has 1 saturated heterocycles. The molecule has 0 radical (unpaired) electrons. The van der Waals surface area contributed by atoms with E-state index in [2.05, 4.69) is 71.8 Å². The van der Waals surface area contributed by atoms with Crippen molar-refractivity contribution in [2.75, 3.05) is 54.2 Å². The van der Waals surface area contributed by atoms with Crippen LogP contribution in [0.5, 0.6) is 0 Å². The Morgan fingerprint density at radius 3 is 2.36 bits per heavy atom. The fourth-order valence-electron chi connectivity index (χ4n) is 3.24. The van der Waals surface area contributed by atoms with Crippen molar-refractivity contribution in [3.63, 3.8) is 0 Å². The van der Waals surface area contributed by atoms with Crippen molar-refractivity contribution in [3.8, 4) is 0 Å². The van der Waals surface area contributed by atoms with E-state index in [-0.39, 0.29) is 5.54 Å². The third-order valence-electron chi connectivity index (χ3n) is 5.10. The second-order valence-corrected chi connectivity index (χ2v) is 7.72. The van der Waals surface area contributed by atoms with E-state index in [1.165, 1.54) is 10.5 Å². The standard InChI is InChI=1S/C19H32N4OS/c1-20-18(21-15-19(22(2)3)10-12-24-13-11-19)23(4)14-16-6-8-17(25-5)9-7-16/h6-9H,10-15H2,1-5H3,(H,20,21). The normalized spacial score (nSPS) is 17.6. The van der Waals surface area contributed by atoms with Gasteiger partial charge in [-0.25, -0.2) is 0 Å². The molecule has 2 rings (SSSR count). The fraction of sp³-hybridized carbons (Fsp3) is 0.632. The summed E-state index contributed by atoms with van der Waals surface area (Å²) in [7, 11) is 8.26. The number of likely N-dealkylation sites (N-methyl/N-ethyl adjacent to an activating group) is 1. The number of rotatable bonds is 6. The van der Waals surface area contributed by atoms with Crippen molar-refractivity contribution in [1.82, 2.24) is 15.1 Å². The Hall–Kier alpha value is -1.24. The minimum Gasteiger partial charge on any atom is -0.381 e. The van der Waals surface area contributed by atoms with Crippen LogP contribution in [-0.2, 0) is 11.3 Å². The first kappa shape index (κ1) is 20.1. The smallest absolute Gasteiger partial charge is 0.193 e. The summed E-state index contributed by atoms with van der Waals surface area (Å²) in [5.74, 6) is 0.932. The predicted octanol–water partition coefficient (Wildman–Crippen LogP) is 2.53. The van der Waals surface area contributed by atoms with Crippen LogP contribution in [0.2, 0.25) is 0 Å². The average molecular weight is 365 g/mol. The van der Waals surface area contributed by atoms with Gasteiger partial charge in [0.25, 0.3) is 0 Å². The number of ether oxygens (including phenoxy) is 1. The largest absolute Gasteiger partial charge is 0.381 e. The Labute approximate surface area is 156 Å². The van der Waals surface area contributed by atoms with Crippen molar-refractivity contribution >= 4 is 17.7 Å². The Morgan fingerprint density at radius 1 is 1.20 bits per heavy atom. The van der Waals surface area contributed by atoms with Crippen LogP contribution in [0.15, 0.2) is 34.2 Å². The fourth-order valence-corrected chi connectivity index (χ4v) is 3.65. The van der Waals surface area contributed by atoms with Gasteiger partial charge in [0.2, 0.25) is 0 Å². The molecule has 0 saturated carbocycles. The number of benzene rings is 1. The first-order chi connectivity index (χ1) is 12.0. The predicted molar refractivity (Wildman–Crippen MR) is 108 cm³/mol. The molecule has 0 bridgehead atoms. The third-order valence-corrected chi connectivity index (χ3v) is 5.84. The molecular weight excluding hydrogens is 332 g/mol. The van der Waals surface area contributed by atoms with Crippen LogP contribution >= 0.6 is 11.8 Å². The van der Waals surface area contributed by atoms with Crippen LogP contribution in [0, 0.1) is 0 Å². The van der Waals surface area contributed by atoms with Crippen LogP contribution in [0.1, 0.15) is 18.4 Å². The lowest BCUT2D eigenvalue weighted by Crippen LogP contribution is -2.57. The molecule has 1 aromatic carbocycles. The molecule has 0 aliphatic carbocycles. The highest BCUT2D eigenvalue weighted by Crippen LogP contribution is 2.25. The number of nitrogens with one attached hydrogen (secondary N) is 1. The van der Waals surface area contributed by atoms with E-state index in [0.29, 0.717) is 0 Å². The number of nitrogens with zero attached hydrogens (tertiary/aromatic N) is 3. The van der Waals surface area contributed by atoms with Gasteiger partial charge in [0.15, 0.2) is 5.96 Å². The Balaban J connectivity index is 1.96. The summed E-state index contributed by atoms with van der Waals surface area (Å²) in [5.41, 5.74) is 1.42. The highest BCUT2D eigenvalue weighted by atomic mass is 32.2. The summed E-state index contributed by atoms with van der Waals surface area (Å²) in [5, 5.41) is 3.58. The van der Waals surface area contributed by atoms with Crippen molar-refractivity contribution < 1.29 is 4.74 Å². The van der Waals surface area contributed by atoms with E-state index >= 15 is 0 Å². The summed E-state index contributed by atoms with van der Waals surface area (Å²) in [4.78, 5) is 10.3. The quantitative estimate of drug-likeness (QED) is 0.477. The van der Waals surface area contributed by atoms with Gasteiger partial charge in [-0.15, -0.1) is 11.8 Å². The maximum absolute atomic E-state index is 5.56. The second-order valence-electron chi connectivity index (χ2n) is 6.84. The minimum atomic E-state index is 0.134. The van der Waals surface area contributed by atoms with Gasteiger partial charge in [0, 0.05) is 50.8 Å². The summed E-state index contributed by atoms with van der Waals surface area (Å²) in [6.07, 6.45) is 4.19. The zero-order valence-electron chi connectivity index (χ0n) is 16.2. The molecule has 1 N–H and O–H groups in total. The highest BCUT2D eigenvalue weighted by molar-refractivity contribution is 7.98. The van der Waals surface area contributed by atoms with Crippen molar-refractivity contribution in [1.29, 1.82) is 0 Å². The SMILES string of the molecule is CN=C(NCC1(N(C)C)CCOCC1)N(C)Cc1ccc(SC)cc1. The monoisotopic (exact) mass is 364 g/mol. The lowest BCUT2D eigenvalue weighted by atomic mass is 9.88. The lowest BCUT2D eigenvalue weighted by molar-refractivity contribution is -0.00522. The molecule has 0 atom stereocenters. The molecule has 1 aliphatic heterocycles. The van der Waals surface area contributed by atoms with Crippen LogP contribution in [0.4, 0.5) is 0 Å². The van der Waals surface area contributed by atoms with Gasteiger partial charge in [0.05, 0.1) is 0 Å². The van der Waals surface area contributed by atoms with Crippen molar-refractivity contribution in [2.45, 2.75) is 29.8 Å². The average Bonchev–Trinajstić information content (AvgIpc) is 2.63. The Morgan fingerprint density at radius 2 is 1.84 bits per heavy atom. The van der Waals surface area contributed by atoms with Crippen LogP contribution in [0.3, 0.4) is 0 Å². The van der Waals surface area contributed by atoms with Gasteiger partial charge in [-0.3, -0.25) is 4.99 Å². The highest BCUT2D eigenvalue weighted by Gasteiger charge is 2.35. The number of aliphatic imine (C=N–C) groups is 1. The molecule has 0 unspecified atom stereocenters. The maximum atomic E-state index is 5.56. The molecule has 1 heterocycles. The lowest BCUT2D eigenvalue weighted by Gasteiger charge is -2.43. The number of guanidine groups is 1. The summed E-state index contributed by atoms with van der Waals surface area (Å²) < 4.78 is 5.56. The molecule has 1 aliphatic rings. The zero-order chi connectivity index (χ0) is 18.3. The van der Waals surface area contributed by atoms with Gasteiger partial charge in [0.1, 0.15) is 0 Å². The van der Waals surface area contributed by atoms with Gasteiger partial charge >= 0.3 is 0 Å². The van der Waals surface area contributed by atoms with E-state index in [4.69, 9.17) is 4.74 Å². The Kier molecular flexibility index (Phi) is 7.59. The van der Waals surface area contributed by atoms with E-state index in [1.807, 2.05) is 7.05 Å². The van der Waals surface area contributed by atoms with Gasteiger partial charge < -0.3 is 19.9 Å². The molecule has 0 spiro atoms. The summed E-state index contributed by atoms with van der Waals surface area (Å²) in [6, 6.07) is 8.73.